The molecule has 1 fully saturated rings. The van der Waals surface area contributed by atoms with Crippen molar-refractivity contribution >= 4 is 39.3 Å². The summed E-state index contributed by atoms with van der Waals surface area (Å²) in [6.45, 7) is 2.49. The normalized spacial score (nSPS) is 18.9. The van der Waals surface area contributed by atoms with E-state index in [0.29, 0.717) is 16.7 Å². The van der Waals surface area contributed by atoms with Crippen LogP contribution in [0.1, 0.15) is 11.1 Å². The fourth-order valence-corrected chi connectivity index (χ4v) is 4.06. The molecule has 0 radical (unpaired) electrons. The van der Waals surface area contributed by atoms with E-state index in [1.165, 1.54) is 0 Å². The van der Waals surface area contributed by atoms with Crippen LogP contribution in [0.25, 0.3) is 6.08 Å². The first-order valence-corrected chi connectivity index (χ1v) is 9.91. The highest BCUT2D eigenvalue weighted by Gasteiger charge is 2.33. The van der Waals surface area contributed by atoms with E-state index in [1.54, 1.807) is 36.4 Å². The van der Waals surface area contributed by atoms with Crippen molar-refractivity contribution in [3.63, 3.8) is 0 Å². The van der Waals surface area contributed by atoms with Crippen molar-refractivity contribution < 1.29 is 13.3 Å². The average molecular weight is 398 g/mol. The van der Waals surface area contributed by atoms with Gasteiger partial charge in [0.25, 0.3) is 10.0 Å². The lowest BCUT2D eigenvalue weighted by Crippen LogP contribution is -2.27. The van der Waals surface area contributed by atoms with Gasteiger partial charge in [-0.25, -0.2) is 8.42 Å². The van der Waals surface area contributed by atoms with Crippen LogP contribution in [0, 0.1) is 12.8 Å². The van der Waals surface area contributed by atoms with Crippen LogP contribution in [0.4, 0.5) is 0 Å². The number of hydroxylamine groups is 1. The Bertz CT molecular complexity index is 895. The molecule has 0 aliphatic carbocycles. The Morgan fingerprint density at radius 3 is 2.52 bits per heavy atom. The van der Waals surface area contributed by atoms with Crippen molar-refractivity contribution in [2.24, 2.45) is 5.92 Å². The van der Waals surface area contributed by atoms with Crippen LogP contribution >= 0.6 is 23.2 Å². The molecule has 0 bridgehead atoms. The third kappa shape index (κ3) is 4.25. The SMILES string of the molecule is Cc1ccc(S(=O)(=O)N2CC(/C=C/c3ccc(Cl)c(Cl)c3)CO2)cc1. The van der Waals surface area contributed by atoms with Crippen LogP contribution in [-0.4, -0.2) is 26.0 Å². The third-order valence-electron chi connectivity index (χ3n) is 3.91. The van der Waals surface area contributed by atoms with Crippen LogP contribution in [0.2, 0.25) is 10.0 Å². The molecule has 1 aliphatic heterocycles. The molecule has 1 atom stereocenters. The van der Waals surface area contributed by atoms with Crippen LogP contribution in [-0.2, 0) is 14.9 Å². The summed E-state index contributed by atoms with van der Waals surface area (Å²) in [5, 5.41) is 0.980. The monoisotopic (exact) mass is 397 g/mol. The minimum absolute atomic E-state index is 0.0327. The van der Waals surface area contributed by atoms with Crippen molar-refractivity contribution in [1.29, 1.82) is 0 Å². The second kappa shape index (κ2) is 7.48. The number of rotatable bonds is 4. The molecule has 1 unspecified atom stereocenters. The second-order valence-electron chi connectivity index (χ2n) is 5.89. The van der Waals surface area contributed by atoms with Gasteiger partial charge in [-0.1, -0.05) is 63.6 Å². The van der Waals surface area contributed by atoms with E-state index in [9.17, 15) is 8.42 Å². The molecule has 2 aromatic rings. The predicted molar refractivity (Wildman–Crippen MR) is 100 cm³/mol. The topological polar surface area (TPSA) is 46.6 Å². The highest BCUT2D eigenvalue weighted by molar-refractivity contribution is 7.89. The third-order valence-corrected chi connectivity index (χ3v) is 6.31. The van der Waals surface area contributed by atoms with Crippen molar-refractivity contribution in [3.05, 3.63) is 69.7 Å². The van der Waals surface area contributed by atoms with Crippen LogP contribution in [0.3, 0.4) is 0 Å². The average Bonchev–Trinajstić information content (AvgIpc) is 3.06. The highest BCUT2D eigenvalue weighted by atomic mass is 35.5. The molecule has 0 spiro atoms. The molecule has 0 N–H and O–H groups in total. The maximum Gasteiger partial charge on any atom is 0.265 e. The van der Waals surface area contributed by atoms with Crippen LogP contribution in [0.5, 0.6) is 0 Å². The van der Waals surface area contributed by atoms with Crippen molar-refractivity contribution in [2.75, 3.05) is 13.2 Å². The van der Waals surface area contributed by atoms with Crippen LogP contribution in [0.15, 0.2) is 53.4 Å². The van der Waals surface area contributed by atoms with Gasteiger partial charge in [0, 0.05) is 12.5 Å². The van der Waals surface area contributed by atoms with Gasteiger partial charge in [-0.2, -0.15) is 0 Å². The van der Waals surface area contributed by atoms with Crippen LogP contribution < -0.4 is 0 Å². The summed E-state index contributed by atoms with van der Waals surface area (Å²) >= 11 is 11.9. The molecule has 1 aliphatic rings. The van der Waals surface area contributed by atoms with Gasteiger partial charge in [0.1, 0.15) is 0 Å². The maximum atomic E-state index is 12.6. The molecule has 25 heavy (non-hydrogen) atoms. The number of sulfonamides is 1. The highest BCUT2D eigenvalue weighted by Crippen LogP contribution is 2.26. The van der Waals surface area contributed by atoms with E-state index in [2.05, 4.69) is 0 Å². The Morgan fingerprint density at radius 2 is 1.84 bits per heavy atom. The van der Waals surface area contributed by atoms with Crippen molar-refractivity contribution in [1.82, 2.24) is 4.47 Å². The maximum absolute atomic E-state index is 12.6. The molecule has 1 heterocycles. The minimum atomic E-state index is -3.64. The Kier molecular flexibility index (Phi) is 5.51. The summed E-state index contributed by atoms with van der Waals surface area (Å²) in [7, 11) is -3.64. The Balaban J connectivity index is 1.69. The quantitative estimate of drug-likeness (QED) is 0.758. The van der Waals surface area contributed by atoms with E-state index in [1.807, 2.05) is 25.1 Å². The zero-order chi connectivity index (χ0) is 18.0. The van der Waals surface area contributed by atoms with Gasteiger partial charge >= 0.3 is 0 Å². The lowest BCUT2D eigenvalue weighted by molar-refractivity contribution is -0.0291. The molecule has 2 aromatic carbocycles. The standard InChI is InChI=1S/C18H17Cl2NO3S/c1-13-2-7-16(8-3-13)25(22,23)21-11-15(12-24-21)5-4-14-6-9-17(19)18(20)10-14/h2-10,15H,11-12H2,1H3/b5-4+. The Labute approximate surface area is 157 Å². The lowest BCUT2D eigenvalue weighted by Gasteiger charge is -2.14. The fraction of sp³-hybridized carbons (Fsp3) is 0.222. The molecule has 132 valence electrons. The first-order chi connectivity index (χ1) is 11.9. The van der Waals surface area contributed by atoms with Crippen molar-refractivity contribution in [2.45, 2.75) is 11.8 Å². The summed E-state index contributed by atoms with van der Waals surface area (Å²) in [5.41, 5.74) is 1.90. The molecule has 4 nitrogen and oxygen atoms in total. The van der Waals surface area contributed by atoms with Gasteiger partial charge in [-0.05, 0) is 36.8 Å². The van der Waals surface area contributed by atoms with Gasteiger partial charge in [0.15, 0.2) is 0 Å². The number of halogens is 2. The molecular weight excluding hydrogens is 381 g/mol. The number of benzene rings is 2. The number of hydrogen-bond acceptors (Lipinski definition) is 3. The van der Waals surface area contributed by atoms with Gasteiger partial charge in [-0.15, -0.1) is 0 Å². The number of aryl methyl sites for hydroxylation is 1. The molecule has 0 saturated carbocycles. The minimum Gasteiger partial charge on any atom is -0.283 e. The summed E-state index contributed by atoms with van der Waals surface area (Å²) in [6, 6.07) is 12.1. The van der Waals surface area contributed by atoms with Gasteiger partial charge < -0.3 is 0 Å². The zero-order valence-electron chi connectivity index (χ0n) is 13.5. The molecule has 3 rings (SSSR count). The summed E-state index contributed by atoms with van der Waals surface area (Å²) in [5.74, 6) is -0.0327. The molecular formula is C18H17Cl2NO3S. The number of nitrogens with zero attached hydrogens (tertiary/aromatic N) is 1. The second-order valence-corrected chi connectivity index (χ2v) is 8.54. The van der Waals surface area contributed by atoms with E-state index in [-0.39, 0.29) is 17.4 Å². The number of hydrogen-bond donors (Lipinski definition) is 0. The van der Waals surface area contributed by atoms with Gasteiger partial charge in [0.05, 0.1) is 21.5 Å². The van der Waals surface area contributed by atoms with E-state index >= 15 is 0 Å². The summed E-state index contributed by atoms with van der Waals surface area (Å²) in [6.07, 6.45) is 3.81. The van der Waals surface area contributed by atoms with E-state index in [0.717, 1.165) is 15.6 Å². The molecule has 0 aromatic heterocycles. The Morgan fingerprint density at radius 1 is 1.12 bits per heavy atom. The summed E-state index contributed by atoms with van der Waals surface area (Å²) < 4.78 is 26.2. The first-order valence-electron chi connectivity index (χ1n) is 7.72. The van der Waals surface area contributed by atoms with E-state index < -0.39 is 10.0 Å². The summed E-state index contributed by atoms with van der Waals surface area (Å²) in [4.78, 5) is 5.62. The van der Waals surface area contributed by atoms with E-state index in [4.69, 9.17) is 28.0 Å². The molecule has 0 amide bonds. The van der Waals surface area contributed by atoms with Gasteiger partial charge in [0.2, 0.25) is 0 Å². The largest absolute Gasteiger partial charge is 0.283 e. The van der Waals surface area contributed by atoms with Crippen molar-refractivity contribution in [3.8, 4) is 0 Å². The first kappa shape index (κ1) is 18.4. The fourth-order valence-electron chi connectivity index (χ4n) is 2.45. The smallest absolute Gasteiger partial charge is 0.265 e. The molecule has 7 heteroatoms. The van der Waals surface area contributed by atoms with Gasteiger partial charge in [-0.3, -0.25) is 4.84 Å². The zero-order valence-corrected chi connectivity index (χ0v) is 15.9. The molecule has 1 saturated heterocycles. The predicted octanol–water partition coefficient (Wildman–Crippen LogP) is 4.57. The lowest BCUT2D eigenvalue weighted by atomic mass is 10.1. The Hall–Kier alpha value is -1.37.